The van der Waals surface area contributed by atoms with Crippen molar-refractivity contribution in [1.29, 1.82) is 0 Å². The summed E-state index contributed by atoms with van der Waals surface area (Å²) in [6.07, 6.45) is -2.04. The molecular weight excluding hydrogens is 524 g/mol. The van der Waals surface area contributed by atoms with Gasteiger partial charge in [0.05, 0.1) is 19.8 Å². The minimum absolute atomic E-state index is 0.0491. The van der Waals surface area contributed by atoms with Crippen LogP contribution >= 0.6 is 15.9 Å². The Kier molecular flexibility index (Phi) is 10.1. The van der Waals surface area contributed by atoms with Gasteiger partial charge in [0.1, 0.15) is 36.0 Å². The topological polar surface area (TPSA) is 63.2 Å². The summed E-state index contributed by atoms with van der Waals surface area (Å²) in [5.41, 5.74) is 3.10. The maximum absolute atomic E-state index is 11.6. The molecule has 0 N–H and O–H groups in total. The molecule has 3 aromatic carbocycles. The van der Waals surface area contributed by atoms with Gasteiger partial charge in [-0.3, -0.25) is 4.79 Å². The SMILES string of the molecule is CC(=O)OC[C@H]1O[C@H](Br)[C@H](OCc2ccccc2)[C@@H](OCc2ccccc2)[C@H]1OCc1ccccc1. The van der Waals surface area contributed by atoms with E-state index in [0.717, 1.165) is 16.7 Å². The van der Waals surface area contributed by atoms with E-state index in [2.05, 4.69) is 15.9 Å². The first-order chi connectivity index (χ1) is 17.6. The largest absolute Gasteiger partial charge is 0.463 e. The molecule has 0 saturated carbocycles. The van der Waals surface area contributed by atoms with Crippen molar-refractivity contribution in [3.05, 3.63) is 108 Å². The molecule has 6 nitrogen and oxygen atoms in total. The average Bonchev–Trinajstić information content (AvgIpc) is 2.91. The van der Waals surface area contributed by atoms with Crippen LogP contribution in [0.3, 0.4) is 0 Å². The van der Waals surface area contributed by atoms with Crippen LogP contribution in [0.5, 0.6) is 0 Å². The molecule has 0 radical (unpaired) electrons. The van der Waals surface area contributed by atoms with Gasteiger partial charge >= 0.3 is 5.97 Å². The number of benzene rings is 3. The summed E-state index contributed by atoms with van der Waals surface area (Å²) in [4.78, 5) is 11.6. The smallest absolute Gasteiger partial charge is 0.302 e. The lowest BCUT2D eigenvalue weighted by Gasteiger charge is -2.44. The van der Waals surface area contributed by atoms with Crippen LogP contribution in [0.15, 0.2) is 91.0 Å². The molecule has 1 aliphatic rings. The van der Waals surface area contributed by atoms with Crippen LogP contribution in [0.25, 0.3) is 0 Å². The Morgan fingerprint density at radius 1 is 0.694 bits per heavy atom. The highest BCUT2D eigenvalue weighted by atomic mass is 79.9. The fourth-order valence-electron chi connectivity index (χ4n) is 4.07. The summed E-state index contributed by atoms with van der Waals surface area (Å²) in [5, 5.41) is -0.487. The predicted octanol–water partition coefficient (Wildman–Crippen LogP) is 5.43. The fourth-order valence-corrected chi connectivity index (χ4v) is 4.80. The summed E-state index contributed by atoms with van der Waals surface area (Å²) in [5.74, 6) is -0.379. The maximum Gasteiger partial charge on any atom is 0.302 e. The minimum atomic E-state index is -0.542. The summed E-state index contributed by atoms with van der Waals surface area (Å²) in [7, 11) is 0. The number of esters is 1. The van der Waals surface area contributed by atoms with Crippen molar-refractivity contribution < 1.29 is 28.5 Å². The molecule has 0 aliphatic carbocycles. The second-order valence-electron chi connectivity index (χ2n) is 8.61. The number of carbonyl (C=O) groups excluding carboxylic acids is 1. The molecule has 4 rings (SSSR count). The molecule has 0 bridgehead atoms. The molecule has 1 fully saturated rings. The van der Waals surface area contributed by atoms with Gasteiger partial charge in [0.2, 0.25) is 0 Å². The van der Waals surface area contributed by atoms with Gasteiger partial charge in [0.25, 0.3) is 0 Å². The highest BCUT2D eigenvalue weighted by molar-refractivity contribution is 9.09. The molecular formula is C29H31BrO6. The number of rotatable bonds is 11. The van der Waals surface area contributed by atoms with Gasteiger partial charge in [-0.1, -0.05) is 107 Å². The van der Waals surface area contributed by atoms with Crippen molar-refractivity contribution in [2.75, 3.05) is 6.61 Å². The van der Waals surface area contributed by atoms with E-state index in [1.165, 1.54) is 6.92 Å². The van der Waals surface area contributed by atoms with Crippen molar-refractivity contribution in [3.8, 4) is 0 Å². The van der Waals surface area contributed by atoms with Gasteiger partial charge in [-0.25, -0.2) is 0 Å². The number of carbonyl (C=O) groups is 1. The molecule has 3 aromatic rings. The van der Waals surface area contributed by atoms with Crippen molar-refractivity contribution in [2.45, 2.75) is 56.2 Å². The minimum Gasteiger partial charge on any atom is -0.463 e. The quantitative estimate of drug-likeness (QED) is 0.233. The number of alkyl halides is 1. The van der Waals surface area contributed by atoms with Crippen molar-refractivity contribution in [3.63, 3.8) is 0 Å². The first-order valence-electron chi connectivity index (χ1n) is 12.0. The van der Waals surface area contributed by atoms with Crippen LogP contribution in [0, 0.1) is 0 Å². The van der Waals surface area contributed by atoms with Gasteiger partial charge in [0.15, 0.2) is 0 Å². The number of hydrogen-bond donors (Lipinski definition) is 0. The van der Waals surface area contributed by atoms with Crippen LogP contribution < -0.4 is 0 Å². The molecule has 0 amide bonds. The van der Waals surface area contributed by atoms with Gasteiger partial charge in [-0.05, 0) is 16.7 Å². The number of hydrogen-bond acceptors (Lipinski definition) is 6. The Morgan fingerprint density at radius 3 is 1.56 bits per heavy atom. The summed E-state index contributed by atoms with van der Waals surface area (Å²) < 4.78 is 30.8. The lowest BCUT2D eigenvalue weighted by atomic mass is 9.99. The Morgan fingerprint density at radius 2 is 1.11 bits per heavy atom. The van der Waals surface area contributed by atoms with E-state index in [4.69, 9.17) is 23.7 Å². The number of halogens is 1. The zero-order valence-corrected chi connectivity index (χ0v) is 21.8. The normalized spacial score (nSPS) is 23.8. The lowest BCUT2D eigenvalue weighted by molar-refractivity contribution is -0.251. The molecule has 190 valence electrons. The van der Waals surface area contributed by atoms with Crippen LogP contribution in [0.2, 0.25) is 0 Å². The lowest BCUT2D eigenvalue weighted by Crippen LogP contribution is -2.59. The van der Waals surface area contributed by atoms with E-state index >= 15 is 0 Å². The zero-order valence-electron chi connectivity index (χ0n) is 20.2. The van der Waals surface area contributed by atoms with Crippen LogP contribution in [0.1, 0.15) is 23.6 Å². The van der Waals surface area contributed by atoms with E-state index in [0.29, 0.717) is 19.8 Å². The van der Waals surface area contributed by atoms with Crippen LogP contribution in [-0.4, -0.2) is 42.0 Å². The highest BCUT2D eigenvalue weighted by Gasteiger charge is 2.48. The van der Waals surface area contributed by atoms with E-state index < -0.39 is 29.4 Å². The molecule has 1 aliphatic heterocycles. The van der Waals surface area contributed by atoms with Crippen molar-refractivity contribution in [2.24, 2.45) is 0 Å². The summed E-state index contributed by atoms with van der Waals surface area (Å²) >= 11 is 3.64. The van der Waals surface area contributed by atoms with Crippen LogP contribution in [0.4, 0.5) is 0 Å². The third-order valence-electron chi connectivity index (χ3n) is 5.88. The molecule has 36 heavy (non-hydrogen) atoms. The third kappa shape index (κ3) is 7.72. The Hall–Kier alpha value is -2.55. The zero-order chi connectivity index (χ0) is 25.2. The van der Waals surface area contributed by atoms with E-state index in [-0.39, 0.29) is 12.6 Å². The third-order valence-corrected chi connectivity index (χ3v) is 6.62. The van der Waals surface area contributed by atoms with Crippen molar-refractivity contribution >= 4 is 21.9 Å². The summed E-state index contributed by atoms with van der Waals surface area (Å²) in [6.45, 7) is 2.55. The van der Waals surface area contributed by atoms with Gasteiger partial charge in [0, 0.05) is 6.92 Å². The Balaban J connectivity index is 1.57. The van der Waals surface area contributed by atoms with Crippen molar-refractivity contribution in [1.82, 2.24) is 0 Å². The highest BCUT2D eigenvalue weighted by Crippen LogP contribution is 2.33. The first kappa shape index (κ1) is 26.5. The molecule has 0 aromatic heterocycles. The second kappa shape index (κ2) is 13.7. The molecule has 5 atom stereocenters. The first-order valence-corrected chi connectivity index (χ1v) is 12.9. The Labute approximate surface area is 220 Å². The maximum atomic E-state index is 11.6. The molecule has 7 heteroatoms. The summed E-state index contributed by atoms with van der Waals surface area (Å²) in [6, 6.07) is 29.8. The van der Waals surface area contributed by atoms with Gasteiger partial charge in [-0.2, -0.15) is 0 Å². The second-order valence-corrected chi connectivity index (χ2v) is 9.51. The van der Waals surface area contributed by atoms with Gasteiger partial charge in [-0.15, -0.1) is 0 Å². The van der Waals surface area contributed by atoms with E-state index in [1.54, 1.807) is 0 Å². The monoisotopic (exact) mass is 554 g/mol. The molecule has 1 saturated heterocycles. The number of ether oxygens (including phenoxy) is 5. The Bertz CT molecular complexity index is 1050. The predicted molar refractivity (Wildman–Crippen MR) is 139 cm³/mol. The van der Waals surface area contributed by atoms with Gasteiger partial charge < -0.3 is 23.7 Å². The molecule has 1 heterocycles. The van der Waals surface area contributed by atoms with Crippen LogP contribution in [-0.2, 0) is 48.3 Å². The average molecular weight is 555 g/mol. The van der Waals surface area contributed by atoms with E-state index in [1.807, 2.05) is 91.0 Å². The van der Waals surface area contributed by atoms with E-state index in [9.17, 15) is 4.79 Å². The fraction of sp³-hybridized carbons (Fsp3) is 0.345. The molecule has 0 spiro atoms. The standard InChI is InChI=1S/C29H31BrO6/c1-21(31)32-20-25-26(33-17-22-11-5-2-6-12-22)27(34-18-23-13-7-3-8-14-23)28(29(30)36-25)35-19-24-15-9-4-10-16-24/h2-16,25-29H,17-20H2,1H3/t25-,26+,27+,28-,29+/m1/s1. The molecule has 0 unspecified atom stereocenters.